The summed E-state index contributed by atoms with van der Waals surface area (Å²) in [5, 5.41) is 3.39. The smallest absolute Gasteiger partial charge is 0.228 e. The third-order valence-corrected chi connectivity index (χ3v) is 5.33. The maximum atomic E-state index is 13.8. The monoisotopic (exact) mass is 380 g/mol. The summed E-state index contributed by atoms with van der Waals surface area (Å²) in [5.74, 6) is -1.47. The molecule has 0 aliphatic carbocycles. The number of ether oxygens (including phenoxy) is 3. The molecule has 150 valence electrons. The molecule has 27 heavy (non-hydrogen) atoms. The molecule has 0 radical (unpaired) electrons. The van der Waals surface area contributed by atoms with E-state index in [1.165, 1.54) is 12.1 Å². The second-order valence-corrected chi connectivity index (χ2v) is 7.46. The predicted molar refractivity (Wildman–Crippen MR) is 98.6 cm³/mol. The van der Waals surface area contributed by atoms with Gasteiger partial charge in [0, 0.05) is 32.7 Å². The van der Waals surface area contributed by atoms with Gasteiger partial charge in [0.25, 0.3) is 0 Å². The van der Waals surface area contributed by atoms with Crippen molar-refractivity contribution in [2.75, 3.05) is 40.0 Å². The van der Waals surface area contributed by atoms with Crippen LogP contribution in [0.1, 0.15) is 31.9 Å². The van der Waals surface area contributed by atoms with E-state index in [0.717, 1.165) is 5.56 Å². The summed E-state index contributed by atoms with van der Waals surface area (Å²) in [4.78, 5) is 15.3. The SMILES string of the molecule is COCC(CC1(C)OCCO1)C(=O)N1CCNC(C)[C@@H]1c1cccc(F)c1. The first-order valence-electron chi connectivity index (χ1n) is 9.50. The van der Waals surface area contributed by atoms with Crippen molar-refractivity contribution in [1.82, 2.24) is 10.2 Å². The molecule has 0 aromatic heterocycles. The van der Waals surface area contributed by atoms with Gasteiger partial charge in [-0.3, -0.25) is 4.79 Å². The van der Waals surface area contributed by atoms with Gasteiger partial charge in [-0.1, -0.05) is 12.1 Å². The van der Waals surface area contributed by atoms with Crippen molar-refractivity contribution in [2.24, 2.45) is 5.92 Å². The molecule has 0 bridgehead atoms. The summed E-state index contributed by atoms with van der Waals surface area (Å²) in [6.07, 6.45) is 0.424. The highest BCUT2D eigenvalue weighted by atomic mass is 19.1. The molecule has 2 unspecified atom stereocenters. The Bertz CT molecular complexity index is 651. The molecule has 2 heterocycles. The van der Waals surface area contributed by atoms with Crippen molar-refractivity contribution < 1.29 is 23.4 Å². The number of nitrogens with one attached hydrogen (secondary N) is 1. The Labute approximate surface area is 160 Å². The second-order valence-electron chi connectivity index (χ2n) is 7.46. The zero-order valence-corrected chi connectivity index (χ0v) is 16.2. The Morgan fingerprint density at radius 2 is 2.19 bits per heavy atom. The summed E-state index contributed by atoms with van der Waals surface area (Å²) in [7, 11) is 1.59. The average molecular weight is 380 g/mol. The third-order valence-electron chi connectivity index (χ3n) is 5.33. The normalized spacial score (nSPS) is 26.1. The molecule has 2 aliphatic heterocycles. The van der Waals surface area contributed by atoms with Gasteiger partial charge in [-0.2, -0.15) is 0 Å². The number of carbonyl (C=O) groups excluding carboxylic acids is 1. The van der Waals surface area contributed by atoms with Crippen LogP contribution in [0.15, 0.2) is 24.3 Å². The van der Waals surface area contributed by atoms with Gasteiger partial charge in [-0.05, 0) is 31.5 Å². The second kappa shape index (κ2) is 8.65. The summed E-state index contributed by atoms with van der Waals surface area (Å²) < 4.78 is 30.5. The van der Waals surface area contributed by atoms with Crippen LogP contribution in [0.5, 0.6) is 0 Å². The van der Waals surface area contributed by atoms with E-state index in [0.29, 0.717) is 32.7 Å². The third kappa shape index (κ3) is 4.66. The number of benzene rings is 1. The van der Waals surface area contributed by atoms with E-state index in [2.05, 4.69) is 5.32 Å². The van der Waals surface area contributed by atoms with E-state index in [9.17, 15) is 9.18 Å². The lowest BCUT2D eigenvalue weighted by molar-refractivity contribution is -0.170. The van der Waals surface area contributed by atoms with E-state index in [1.54, 1.807) is 13.2 Å². The van der Waals surface area contributed by atoms with Gasteiger partial charge in [-0.15, -0.1) is 0 Å². The predicted octanol–water partition coefficient (Wildman–Crippen LogP) is 2.10. The van der Waals surface area contributed by atoms with Crippen LogP contribution < -0.4 is 5.32 Å². The minimum absolute atomic E-state index is 0.0141. The number of hydrogen-bond donors (Lipinski definition) is 1. The fourth-order valence-corrected chi connectivity index (χ4v) is 4.12. The number of methoxy groups -OCH3 is 1. The van der Waals surface area contributed by atoms with E-state index in [4.69, 9.17) is 14.2 Å². The maximum absolute atomic E-state index is 13.8. The number of hydrogen-bond acceptors (Lipinski definition) is 5. The fourth-order valence-electron chi connectivity index (χ4n) is 4.12. The first kappa shape index (κ1) is 20.2. The van der Waals surface area contributed by atoms with Crippen LogP contribution in [-0.2, 0) is 19.0 Å². The van der Waals surface area contributed by atoms with Gasteiger partial charge < -0.3 is 24.4 Å². The summed E-state index contributed by atoms with van der Waals surface area (Å²) in [6, 6.07) is 6.25. The van der Waals surface area contributed by atoms with Crippen molar-refractivity contribution in [3.05, 3.63) is 35.6 Å². The zero-order valence-electron chi connectivity index (χ0n) is 16.2. The zero-order chi connectivity index (χ0) is 19.4. The first-order chi connectivity index (χ1) is 12.9. The van der Waals surface area contributed by atoms with Crippen molar-refractivity contribution in [3.8, 4) is 0 Å². The number of halogens is 1. The molecular weight excluding hydrogens is 351 g/mol. The fraction of sp³-hybridized carbons (Fsp3) is 0.650. The van der Waals surface area contributed by atoms with Crippen LogP contribution in [0.25, 0.3) is 0 Å². The van der Waals surface area contributed by atoms with Crippen molar-refractivity contribution >= 4 is 5.91 Å². The van der Waals surface area contributed by atoms with Gasteiger partial charge in [-0.25, -0.2) is 4.39 Å². The molecule has 1 amide bonds. The molecule has 3 atom stereocenters. The highest BCUT2D eigenvalue weighted by Crippen LogP contribution is 2.32. The van der Waals surface area contributed by atoms with Gasteiger partial charge in [0.1, 0.15) is 5.82 Å². The molecule has 3 rings (SSSR count). The Morgan fingerprint density at radius 1 is 1.44 bits per heavy atom. The summed E-state index contributed by atoms with van der Waals surface area (Å²) >= 11 is 0. The van der Waals surface area contributed by atoms with E-state index in [-0.39, 0.29) is 36.3 Å². The number of carbonyl (C=O) groups is 1. The summed E-state index contributed by atoms with van der Waals surface area (Å²) in [5.41, 5.74) is 0.791. The Kier molecular flexibility index (Phi) is 6.47. The lowest BCUT2D eigenvalue weighted by Crippen LogP contribution is -2.55. The van der Waals surface area contributed by atoms with E-state index >= 15 is 0 Å². The maximum Gasteiger partial charge on any atom is 0.228 e. The number of rotatable bonds is 6. The highest BCUT2D eigenvalue weighted by Gasteiger charge is 2.41. The Morgan fingerprint density at radius 3 is 2.85 bits per heavy atom. The molecule has 0 spiro atoms. The molecule has 2 fully saturated rings. The quantitative estimate of drug-likeness (QED) is 0.819. The number of nitrogens with zero attached hydrogens (tertiary/aromatic N) is 1. The largest absolute Gasteiger partial charge is 0.384 e. The summed E-state index contributed by atoms with van der Waals surface area (Å²) in [6.45, 7) is 6.48. The van der Waals surface area contributed by atoms with Gasteiger partial charge in [0.2, 0.25) is 5.91 Å². The van der Waals surface area contributed by atoms with Crippen LogP contribution in [0.3, 0.4) is 0 Å². The van der Waals surface area contributed by atoms with Crippen LogP contribution in [0.2, 0.25) is 0 Å². The molecule has 2 saturated heterocycles. The highest BCUT2D eigenvalue weighted by molar-refractivity contribution is 5.80. The Hall–Kier alpha value is -1.54. The molecule has 6 nitrogen and oxygen atoms in total. The molecular formula is C20H29FN2O4. The Balaban J connectivity index is 1.83. The lowest BCUT2D eigenvalue weighted by Gasteiger charge is -2.43. The van der Waals surface area contributed by atoms with E-state index < -0.39 is 5.79 Å². The van der Waals surface area contributed by atoms with Gasteiger partial charge in [0.05, 0.1) is 31.8 Å². The molecule has 1 N–H and O–H groups in total. The van der Waals surface area contributed by atoms with Crippen LogP contribution >= 0.6 is 0 Å². The molecule has 2 aliphatic rings. The number of amides is 1. The van der Waals surface area contributed by atoms with Crippen LogP contribution in [-0.4, -0.2) is 62.7 Å². The van der Waals surface area contributed by atoms with Crippen LogP contribution in [0.4, 0.5) is 4.39 Å². The van der Waals surface area contributed by atoms with Crippen molar-refractivity contribution in [3.63, 3.8) is 0 Å². The minimum atomic E-state index is -0.771. The van der Waals surface area contributed by atoms with Crippen molar-refractivity contribution in [1.29, 1.82) is 0 Å². The van der Waals surface area contributed by atoms with Gasteiger partial charge >= 0.3 is 0 Å². The molecule has 0 saturated carbocycles. The minimum Gasteiger partial charge on any atom is -0.384 e. The molecule has 1 aromatic rings. The van der Waals surface area contributed by atoms with Crippen LogP contribution in [0, 0.1) is 11.7 Å². The topological polar surface area (TPSA) is 60.0 Å². The standard InChI is InChI=1S/C20H29FN2O4/c1-14-18(15-5-4-6-17(21)11-15)23(8-7-22-14)19(24)16(13-25-3)12-20(2)26-9-10-27-20/h4-6,11,14,16,18,22H,7-10,12-13H2,1-3H3/t14?,16?,18-/m1/s1. The van der Waals surface area contributed by atoms with Crippen molar-refractivity contribution in [2.45, 2.75) is 38.1 Å². The molecule has 1 aromatic carbocycles. The average Bonchev–Trinajstić information content (AvgIpc) is 3.07. The van der Waals surface area contributed by atoms with E-state index in [1.807, 2.05) is 24.8 Å². The number of piperazine rings is 1. The molecule has 7 heteroatoms. The first-order valence-corrected chi connectivity index (χ1v) is 9.50. The lowest BCUT2D eigenvalue weighted by atomic mass is 9.92. The van der Waals surface area contributed by atoms with Gasteiger partial charge in [0.15, 0.2) is 5.79 Å².